The van der Waals surface area contributed by atoms with Gasteiger partial charge in [-0.05, 0) is 25.5 Å². The van der Waals surface area contributed by atoms with Gasteiger partial charge in [-0.25, -0.2) is 17.5 Å². The van der Waals surface area contributed by atoms with Gasteiger partial charge >= 0.3 is 0 Å². The molecule has 0 aliphatic carbocycles. The molecule has 1 fully saturated rings. The molecule has 0 saturated carbocycles. The van der Waals surface area contributed by atoms with Crippen molar-refractivity contribution in [2.24, 2.45) is 5.92 Å². The normalized spacial score (nSPS) is 22.0. The average Bonchev–Trinajstić information content (AvgIpc) is 2.82. The molecule has 18 heavy (non-hydrogen) atoms. The largest absolute Gasteiger partial charge is 0.381 e. The fraction of sp³-hybridized carbons (Fsp3) is 0.500. The van der Waals surface area contributed by atoms with Gasteiger partial charge < -0.3 is 4.74 Å². The molecule has 0 bridgehead atoms. The minimum atomic E-state index is -3.81. The molecule has 1 aromatic rings. The van der Waals surface area contributed by atoms with Crippen LogP contribution in [0.25, 0.3) is 0 Å². The summed E-state index contributed by atoms with van der Waals surface area (Å²) in [6.07, 6.45) is 0.820. The summed E-state index contributed by atoms with van der Waals surface area (Å²) in [6.45, 7) is 2.97. The lowest BCUT2D eigenvalue weighted by Crippen LogP contribution is -2.38. The van der Waals surface area contributed by atoms with Gasteiger partial charge in [-0.2, -0.15) is 0 Å². The summed E-state index contributed by atoms with van der Waals surface area (Å²) in [5, 5.41) is 0. The highest BCUT2D eigenvalue weighted by Gasteiger charge is 2.27. The van der Waals surface area contributed by atoms with E-state index in [9.17, 15) is 12.8 Å². The monoisotopic (exact) mass is 273 g/mol. The Bertz CT molecular complexity index is 512. The van der Waals surface area contributed by atoms with Gasteiger partial charge in [-0.3, -0.25) is 0 Å². The molecule has 0 spiro atoms. The Morgan fingerprint density at radius 1 is 1.44 bits per heavy atom. The third-order valence-electron chi connectivity index (χ3n) is 3.14. The number of halogens is 1. The van der Waals surface area contributed by atoms with Gasteiger partial charge in [0.1, 0.15) is 10.7 Å². The molecule has 0 radical (unpaired) electrons. The number of hydrogen-bond acceptors (Lipinski definition) is 3. The van der Waals surface area contributed by atoms with E-state index in [0.29, 0.717) is 13.2 Å². The van der Waals surface area contributed by atoms with Crippen LogP contribution >= 0.6 is 0 Å². The number of ether oxygens (including phenoxy) is 1. The van der Waals surface area contributed by atoms with Crippen molar-refractivity contribution in [1.29, 1.82) is 0 Å². The first-order valence-electron chi connectivity index (χ1n) is 5.85. The highest BCUT2D eigenvalue weighted by atomic mass is 32.2. The Hall–Kier alpha value is -0.980. The summed E-state index contributed by atoms with van der Waals surface area (Å²) in [6, 6.07) is 5.09. The smallest absolute Gasteiger partial charge is 0.243 e. The van der Waals surface area contributed by atoms with Crippen LogP contribution < -0.4 is 4.72 Å². The summed E-state index contributed by atoms with van der Waals surface area (Å²) < 4.78 is 45.2. The lowest BCUT2D eigenvalue weighted by atomic mass is 10.0. The van der Waals surface area contributed by atoms with Crippen LogP contribution in [0.1, 0.15) is 13.3 Å². The van der Waals surface area contributed by atoms with Crippen LogP contribution in [-0.2, 0) is 14.8 Å². The quantitative estimate of drug-likeness (QED) is 0.905. The van der Waals surface area contributed by atoms with Crippen molar-refractivity contribution in [3.63, 3.8) is 0 Å². The molecule has 1 aromatic carbocycles. The Kier molecular flexibility index (Phi) is 3.99. The van der Waals surface area contributed by atoms with Crippen molar-refractivity contribution in [1.82, 2.24) is 4.72 Å². The van der Waals surface area contributed by atoms with Crippen LogP contribution in [0.15, 0.2) is 29.2 Å². The van der Waals surface area contributed by atoms with E-state index in [4.69, 9.17) is 4.74 Å². The maximum absolute atomic E-state index is 13.5. The molecule has 0 aromatic heterocycles. The van der Waals surface area contributed by atoms with Gasteiger partial charge in [-0.15, -0.1) is 0 Å². The van der Waals surface area contributed by atoms with Crippen LogP contribution in [0.2, 0.25) is 0 Å². The molecule has 1 aliphatic heterocycles. The van der Waals surface area contributed by atoms with E-state index in [1.54, 1.807) is 6.92 Å². The Labute approximate surface area is 106 Å². The van der Waals surface area contributed by atoms with E-state index >= 15 is 0 Å². The number of benzene rings is 1. The minimum Gasteiger partial charge on any atom is -0.381 e. The molecular formula is C12H16FNO3S. The van der Waals surface area contributed by atoms with Crippen LogP contribution in [0.4, 0.5) is 4.39 Å². The number of nitrogens with one attached hydrogen (secondary N) is 1. The zero-order valence-electron chi connectivity index (χ0n) is 10.1. The van der Waals surface area contributed by atoms with Gasteiger partial charge in [-0.1, -0.05) is 12.1 Å². The molecule has 1 heterocycles. The summed E-state index contributed by atoms with van der Waals surface area (Å²) in [7, 11) is -3.81. The fourth-order valence-corrected chi connectivity index (χ4v) is 3.41. The van der Waals surface area contributed by atoms with Gasteiger partial charge in [0.2, 0.25) is 10.0 Å². The van der Waals surface area contributed by atoms with E-state index in [2.05, 4.69) is 4.72 Å². The van der Waals surface area contributed by atoms with Crippen molar-refractivity contribution in [2.75, 3.05) is 13.2 Å². The van der Waals surface area contributed by atoms with Gasteiger partial charge in [0, 0.05) is 18.6 Å². The summed E-state index contributed by atoms with van der Waals surface area (Å²) in [5.74, 6) is -0.591. The molecule has 0 amide bonds. The SMILES string of the molecule is CC(NS(=O)(=O)c1ccccc1F)C1CCOC1. The summed E-state index contributed by atoms with van der Waals surface area (Å²) >= 11 is 0. The molecule has 6 heteroatoms. The molecule has 2 unspecified atom stereocenters. The first kappa shape index (κ1) is 13.5. The average molecular weight is 273 g/mol. The molecule has 4 nitrogen and oxygen atoms in total. The molecule has 1 N–H and O–H groups in total. The van der Waals surface area contributed by atoms with Gasteiger partial charge in [0.25, 0.3) is 0 Å². The van der Waals surface area contributed by atoms with Crippen molar-refractivity contribution in [3.8, 4) is 0 Å². The molecule has 2 atom stereocenters. The first-order chi connectivity index (χ1) is 8.50. The fourth-order valence-electron chi connectivity index (χ4n) is 2.01. The van der Waals surface area contributed by atoms with E-state index in [1.807, 2.05) is 0 Å². The van der Waals surface area contributed by atoms with Crippen LogP contribution in [-0.4, -0.2) is 27.7 Å². The highest BCUT2D eigenvalue weighted by Crippen LogP contribution is 2.19. The minimum absolute atomic E-state index is 0.145. The van der Waals surface area contributed by atoms with Gasteiger partial charge in [0.15, 0.2) is 0 Å². The van der Waals surface area contributed by atoms with Crippen molar-refractivity contribution in [2.45, 2.75) is 24.3 Å². The Balaban J connectivity index is 2.14. The van der Waals surface area contributed by atoms with E-state index in [1.165, 1.54) is 18.2 Å². The first-order valence-corrected chi connectivity index (χ1v) is 7.33. The number of hydrogen-bond donors (Lipinski definition) is 1. The Morgan fingerprint density at radius 3 is 2.78 bits per heavy atom. The van der Waals surface area contributed by atoms with Crippen molar-refractivity contribution in [3.05, 3.63) is 30.1 Å². The van der Waals surface area contributed by atoms with Crippen LogP contribution in [0, 0.1) is 11.7 Å². The predicted octanol–water partition coefficient (Wildman–Crippen LogP) is 1.53. The lowest BCUT2D eigenvalue weighted by molar-refractivity contribution is 0.180. The van der Waals surface area contributed by atoms with E-state index < -0.39 is 15.8 Å². The molecular weight excluding hydrogens is 257 g/mol. The molecule has 100 valence electrons. The zero-order chi connectivity index (χ0) is 13.2. The molecule has 1 aliphatic rings. The van der Waals surface area contributed by atoms with Crippen molar-refractivity contribution >= 4 is 10.0 Å². The second kappa shape index (κ2) is 5.34. The molecule has 1 saturated heterocycles. The predicted molar refractivity (Wildman–Crippen MR) is 65.1 cm³/mol. The third-order valence-corrected chi connectivity index (χ3v) is 4.73. The van der Waals surface area contributed by atoms with E-state index in [-0.39, 0.29) is 16.9 Å². The number of rotatable bonds is 4. The number of sulfonamides is 1. The maximum atomic E-state index is 13.5. The third kappa shape index (κ3) is 2.88. The van der Waals surface area contributed by atoms with E-state index in [0.717, 1.165) is 12.5 Å². The second-order valence-corrected chi connectivity index (χ2v) is 6.15. The second-order valence-electron chi connectivity index (χ2n) is 4.46. The van der Waals surface area contributed by atoms with Crippen LogP contribution in [0.5, 0.6) is 0 Å². The zero-order valence-corrected chi connectivity index (χ0v) is 10.9. The molecule has 2 rings (SSSR count). The topological polar surface area (TPSA) is 55.4 Å². The summed E-state index contributed by atoms with van der Waals surface area (Å²) in [4.78, 5) is -0.309. The highest BCUT2D eigenvalue weighted by molar-refractivity contribution is 7.89. The Morgan fingerprint density at radius 2 is 2.17 bits per heavy atom. The lowest BCUT2D eigenvalue weighted by Gasteiger charge is -2.19. The standard InChI is InChI=1S/C12H16FNO3S/c1-9(10-6-7-17-8-10)14-18(15,16)12-5-3-2-4-11(12)13/h2-5,9-10,14H,6-8H2,1H3. The maximum Gasteiger partial charge on any atom is 0.243 e. The van der Waals surface area contributed by atoms with Gasteiger partial charge in [0.05, 0.1) is 6.61 Å². The van der Waals surface area contributed by atoms with Crippen molar-refractivity contribution < 1.29 is 17.5 Å². The van der Waals surface area contributed by atoms with Crippen LogP contribution in [0.3, 0.4) is 0 Å². The summed E-state index contributed by atoms with van der Waals surface area (Å²) in [5.41, 5.74) is 0.